The van der Waals surface area contributed by atoms with E-state index < -0.39 is 18.1 Å². The third-order valence-corrected chi connectivity index (χ3v) is 2.86. The van der Waals surface area contributed by atoms with Crippen LogP contribution in [0.1, 0.15) is 17.4 Å². The molecule has 0 amide bonds. The summed E-state index contributed by atoms with van der Waals surface area (Å²) in [7, 11) is 1.21. The maximum absolute atomic E-state index is 12.2. The van der Waals surface area contributed by atoms with Crippen molar-refractivity contribution in [2.45, 2.75) is 13.3 Å². The number of aromatic nitrogens is 1. The molecule has 5 nitrogen and oxygen atoms in total. The summed E-state index contributed by atoms with van der Waals surface area (Å²) in [6, 6.07) is 0. The fourth-order valence-electron chi connectivity index (χ4n) is 1.18. The summed E-state index contributed by atoms with van der Waals surface area (Å²) >= 11 is 1.57. The molecule has 0 fully saturated rings. The van der Waals surface area contributed by atoms with E-state index in [-0.39, 0.29) is 21.6 Å². The largest absolute Gasteiger partial charge is 0.573 e. The van der Waals surface area contributed by atoms with Gasteiger partial charge in [-0.15, -0.1) is 13.2 Å². The van der Waals surface area contributed by atoms with Crippen LogP contribution in [0.3, 0.4) is 0 Å². The first-order valence-corrected chi connectivity index (χ1v) is 6.03. The third kappa shape index (κ3) is 4.11. The van der Waals surface area contributed by atoms with Gasteiger partial charge in [-0.25, -0.2) is 9.78 Å². The molecule has 0 spiro atoms. The second-order valence-corrected chi connectivity index (χ2v) is 4.17. The van der Waals surface area contributed by atoms with Crippen molar-refractivity contribution < 1.29 is 32.2 Å². The lowest BCUT2D eigenvalue weighted by molar-refractivity contribution is -0.275. The summed E-state index contributed by atoms with van der Waals surface area (Å²) in [6.45, 7) is 1.71. The van der Waals surface area contributed by atoms with Gasteiger partial charge >= 0.3 is 12.3 Å². The van der Waals surface area contributed by atoms with E-state index in [0.717, 1.165) is 6.20 Å². The fourth-order valence-corrected chi connectivity index (χ4v) is 1.91. The van der Waals surface area contributed by atoms with Crippen molar-refractivity contribution >= 4 is 28.6 Å². The van der Waals surface area contributed by atoms with Gasteiger partial charge in [-0.1, -0.05) is 0 Å². The highest BCUT2D eigenvalue weighted by atomic mass is 127. The van der Waals surface area contributed by atoms with E-state index in [0.29, 0.717) is 0 Å². The minimum Gasteiger partial charge on any atom is -0.493 e. The van der Waals surface area contributed by atoms with Crippen LogP contribution in [0.2, 0.25) is 0 Å². The molecule has 0 aliphatic heterocycles. The second kappa shape index (κ2) is 6.26. The van der Waals surface area contributed by atoms with Gasteiger partial charge in [0.15, 0.2) is 17.2 Å². The van der Waals surface area contributed by atoms with Gasteiger partial charge in [0.25, 0.3) is 0 Å². The Labute approximate surface area is 120 Å². The van der Waals surface area contributed by atoms with Crippen molar-refractivity contribution in [2.24, 2.45) is 0 Å². The quantitative estimate of drug-likeness (QED) is 0.584. The molecule has 0 bridgehead atoms. The molecule has 0 aromatic carbocycles. The van der Waals surface area contributed by atoms with Gasteiger partial charge in [-0.3, -0.25) is 0 Å². The zero-order valence-electron chi connectivity index (χ0n) is 9.88. The molecule has 0 unspecified atom stereocenters. The van der Waals surface area contributed by atoms with Crippen LogP contribution in [0.25, 0.3) is 0 Å². The Hall–Kier alpha value is -1.26. The average Bonchev–Trinajstić information content (AvgIpc) is 2.30. The lowest BCUT2D eigenvalue weighted by Gasteiger charge is -2.14. The van der Waals surface area contributed by atoms with Crippen LogP contribution in [0.15, 0.2) is 6.20 Å². The summed E-state index contributed by atoms with van der Waals surface area (Å²) in [5.74, 6) is -1.45. The van der Waals surface area contributed by atoms with Crippen LogP contribution in [-0.2, 0) is 4.74 Å². The van der Waals surface area contributed by atoms with E-state index >= 15 is 0 Å². The minimum absolute atomic E-state index is 0.0181. The van der Waals surface area contributed by atoms with Crippen LogP contribution in [0.5, 0.6) is 11.5 Å². The molecule has 0 saturated heterocycles. The number of rotatable bonds is 4. The number of pyridine rings is 1. The lowest BCUT2D eigenvalue weighted by atomic mass is 10.3. The van der Waals surface area contributed by atoms with Crippen molar-refractivity contribution in [1.29, 1.82) is 0 Å². The summed E-state index contributed by atoms with van der Waals surface area (Å²) < 4.78 is 49.8. The first-order chi connectivity index (χ1) is 8.80. The number of hydrogen-bond donors (Lipinski definition) is 0. The Kier molecular flexibility index (Phi) is 5.20. The SMILES string of the molecule is CCOC(=O)c1ncc(OC(F)(F)F)c(I)c1OC. The molecule has 9 heteroatoms. The predicted octanol–water partition coefficient (Wildman–Crippen LogP) is 2.77. The topological polar surface area (TPSA) is 57.7 Å². The number of methoxy groups -OCH3 is 1. The lowest BCUT2D eigenvalue weighted by Crippen LogP contribution is -2.19. The number of esters is 1. The number of alkyl halides is 3. The number of halogens is 4. The Bertz CT molecular complexity index is 479. The van der Waals surface area contributed by atoms with Gasteiger partial charge in [-0.2, -0.15) is 0 Å². The predicted molar refractivity (Wildman–Crippen MR) is 66.1 cm³/mol. The Balaban J connectivity index is 3.19. The molecular formula is C10H9F3INO4. The molecule has 0 aliphatic rings. The molecule has 19 heavy (non-hydrogen) atoms. The van der Waals surface area contributed by atoms with E-state index in [2.05, 4.69) is 9.72 Å². The maximum Gasteiger partial charge on any atom is 0.573 e. The van der Waals surface area contributed by atoms with Crippen molar-refractivity contribution in [3.8, 4) is 11.5 Å². The van der Waals surface area contributed by atoms with Crippen LogP contribution in [-0.4, -0.2) is 31.0 Å². The number of carbonyl (C=O) groups excluding carboxylic acids is 1. The van der Waals surface area contributed by atoms with Crippen molar-refractivity contribution in [1.82, 2.24) is 4.98 Å². The van der Waals surface area contributed by atoms with Crippen LogP contribution in [0.4, 0.5) is 13.2 Å². The maximum atomic E-state index is 12.2. The van der Waals surface area contributed by atoms with Gasteiger partial charge in [0, 0.05) is 0 Å². The minimum atomic E-state index is -4.85. The Morgan fingerprint density at radius 2 is 2.11 bits per heavy atom. The standard InChI is InChI=1S/C10H9F3INO4/c1-3-18-9(16)7-8(17-2)6(14)5(4-15-7)19-10(11,12)13/h4H,3H2,1-2H3. The van der Waals surface area contributed by atoms with Gasteiger partial charge in [0.1, 0.15) is 3.57 Å². The summed E-state index contributed by atoms with van der Waals surface area (Å²) in [4.78, 5) is 15.1. The number of carbonyl (C=O) groups is 1. The second-order valence-electron chi connectivity index (χ2n) is 3.09. The first-order valence-electron chi connectivity index (χ1n) is 4.95. The molecular weight excluding hydrogens is 382 g/mol. The van der Waals surface area contributed by atoms with Crippen molar-refractivity contribution in [3.05, 3.63) is 15.5 Å². The number of hydrogen-bond acceptors (Lipinski definition) is 5. The molecule has 1 aromatic heterocycles. The molecule has 1 rings (SSSR count). The fraction of sp³-hybridized carbons (Fsp3) is 0.400. The molecule has 0 N–H and O–H groups in total. The van der Waals surface area contributed by atoms with Crippen LogP contribution in [0, 0.1) is 3.57 Å². The van der Waals surface area contributed by atoms with Crippen LogP contribution >= 0.6 is 22.6 Å². The highest BCUT2D eigenvalue weighted by Gasteiger charge is 2.33. The average molecular weight is 391 g/mol. The molecule has 0 atom stereocenters. The molecule has 0 aliphatic carbocycles. The smallest absolute Gasteiger partial charge is 0.493 e. The van der Waals surface area contributed by atoms with Gasteiger partial charge < -0.3 is 14.2 Å². The Morgan fingerprint density at radius 1 is 1.47 bits per heavy atom. The summed E-state index contributed by atoms with van der Waals surface area (Å²) in [5, 5.41) is 0. The van der Waals surface area contributed by atoms with Crippen LogP contribution < -0.4 is 9.47 Å². The molecule has 0 saturated carbocycles. The molecule has 1 heterocycles. The molecule has 0 radical (unpaired) electrons. The zero-order valence-corrected chi connectivity index (χ0v) is 12.0. The highest BCUT2D eigenvalue weighted by Crippen LogP contribution is 2.35. The monoisotopic (exact) mass is 391 g/mol. The van der Waals surface area contributed by atoms with Gasteiger partial charge in [0.2, 0.25) is 0 Å². The normalized spacial score (nSPS) is 11.1. The van der Waals surface area contributed by atoms with E-state index in [1.165, 1.54) is 7.11 Å². The first kappa shape index (κ1) is 15.8. The highest BCUT2D eigenvalue weighted by molar-refractivity contribution is 14.1. The van der Waals surface area contributed by atoms with Crippen molar-refractivity contribution in [2.75, 3.05) is 13.7 Å². The summed E-state index contributed by atoms with van der Waals surface area (Å²) in [6.07, 6.45) is -4.05. The number of ether oxygens (including phenoxy) is 3. The number of nitrogens with zero attached hydrogens (tertiary/aromatic N) is 1. The van der Waals surface area contributed by atoms with Crippen molar-refractivity contribution in [3.63, 3.8) is 0 Å². The third-order valence-electron chi connectivity index (χ3n) is 1.84. The Morgan fingerprint density at radius 3 is 2.58 bits per heavy atom. The van der Waals surface area contributed by atoms with Gasteiger partial charge in [-0.05, 0) is 29.5 Å². The molecule has 106 valence electrons. The zero-order chi connectivity index (χ0) is 14.6. The summed E-state index contributed by atoms with van der Waals surface area (Å²) in [5.41, 5.74) is -0.205. The van der Waals surface area contributed by atoms with E-state index in [9.17, 15) is 18.0 Å². The molecule has 1 aromatic rings. The van der Waals surface area contributed by atoms with E-state index in [1.54, 1.807) is 29.5 Å². The van der Waals surface area contributed by atoms with E-state index in [4.69, 9.17) is 9.47 Å². The van der Waals surface area contributed by atoms with E-state index in [1.807, 2.05) is 0 Å². The van der Waals surface area contributed by atoms with Gasteiger partial charge in [0.05, 0.1) is 19.9 Å².